The van der Waals surface area contributed by atoms with E-state index >= 15 is 0 Å². The van der Waals surface area contributed by atoms with Gasteiger partial charge in [-0.1, -0.05) is 0 Å². The summed E-state index contributed by atoms with van der Waals surface area (Å²) in [4.78, 5) is 0. The molecule has 0 aliphatic heterocycles. The highest BCUT2D eigenvalue weighted by Crippen LogP contribution is 2.08. The van der Waals surface area contributed by atoms with Crippen molar-refractivity contribution in [2.24, 2.45) is 7.05 Å². The topological polar surface area (TPSA) is 29.9 Å². The second-order valence-corrected chi connectivity index (χ2v) is 3.09. The van der Waals surface area contributed by atoms with Gasteiger partial charge in [0, 0.05) is 19.2 Å². The third-order valence-corrected chi connectivity index (χ3v) is 1.44. The summed E-state index contributed by atoms with van der Waals surface area (Å²) >= 11 is 0. The molecule has 3 heteroatoms. The summed E-state index contributed by atoms with van der Waals surface area (Å²) in [5.41, 5.74) is 1.05. The first-order valence-corrected chi connectivity index (χ1v) is 3.87. The smallest absolute Gasteiger partial charge is 0.124 e. The van der Waals surface area contributed by atoms with Gasteiger partial charge in [0.1, 0.15) is 5.82 Å². The van der Waals surface area contributed by atoms with E-state index in [1.807, 2.05) is 24.7 Å². The highest BCUT2D eigenvalue weighted by atomic mass is 15.3. The highest BCUT2D eigenvalue weighted by molar-refractivity contribution is 5.37. The van der Waals surface area contributed by atoms with Gasteiger partial charge in [0.05, 0.1) is 5.69 Å². The molecule has 3 nitrogen and oxygen atoms in total. The summed E-state index contributed by atoms with van der Waals surface area (Å²) < 4.78 is 1.86. The van der Waals surface area contributed by atoms with Gasteiger partial charge in [0.15, 0.2) is 0 Å². The summed E-state index contributed by atoms with van der Waals surface area (Å²) in [6.07, 6.45) is 0. The molecule has 1 aromatic heterocycles. The van der Waals surface area contributed by atoms with Gasteiger partial charge in [-0.15, -0.1) is 0 Å². The quantitative estimate of drug-likeness (QED) is 0.698. The van der Waals surface area contributed by atoms with Crippen LogP contribution in [0.5, 0.6) is 0 Å². The Labute approximate surface area is 67.4 Å². The lowest BCUT2D eigenvalue weighted by molar-refractivity contribution is 0.745. The van der Waals surface area contributed by atoms with Crippen molar-refractivity contribution in [2.45, 2.75) is 26.8 Å². The first-order valence-electron chi connectivity index (χ1n) is 3.87. The Morgan fingerprint density at radius 1 is 1.55 bits per heavy atom. The van der Waals surface area contributed by atoms with Crippen LogP contribution in [0, 0.1) is 6.92 Å². The summed E-state index contributed by atoms with van der Waals surface area (Å²) in [6, 6.07) is 2.50. The molecule has 0 aliphatic carbocycles. The zero-order valence-electron chi connectivity index (χ0n) is 7.55. The number of anilines is 1. The van der Waals surface area contributed by atoms with Crippen LogP contribution >= 0.6 is 0 Å². The second kappa shape index (κ2) is 2.95. The number of aromatic nitrogens is 2. The van der Waals surface area contributed by atoms with Crippen molar-refractivity contribution in [3.63, 3.8) is 0 Å². The van der Waals surface area contributed by atoms with Crippen LogP contribution in [0.2, 0.25) is 0 Å². The van der Waals surface area contributed by atoms with Crippen LogP contribution in [-0.4, -0.2) is 15.8 Å². The summed E-state index contributed by atoms with van der Waals surface area (Å²) in [5, 5.41) is 7.51. The average Bonchev–Trinajstić information content (AvgIpc) is 2.09. The normalized spacial score (nSPS) is 10.6. The lowest BCUT2D eigenvalue weighted by atomic mass is 10.4. The second-order valence-electron chi connectivity index (χ2n) is 3.09. The molecule has 0 aromatic carbocycles. The van der Waals surface area contributed by atoms with E-state index in [9.17, 15) is 0 Å². The standard InChI is InChI=1S/C8H15N3/c1-6(2)9-8-5-7(3)10-11(8)4/h5-6,9H,1-4H3. The molecule has 0 saturated heterocycles. The number of hydrogen-bond acceptors (Lipinski definition) is 2. The van der Waals surface area contributed by atoms with Gasteiger partial charge in [-0.25, -0.2) is 0 Å². The van der Waals surface area contributed by atoms with E-state index in [1.54, 1.807) is 0 Å². The maximum Gasteiger partial charge on any atom is 0.124 e. The Bertz CT molecular complexity index is 237. The number of nitrogens with zero attached hydrogens (tertiary/aromatic N) is 2. The molecule has 62 valence electrons. The van der Waals surface area contributed by atoms with E-state index in [0.717, 1.165) is 11.5 Å². The number of rotatable bonds is 2. The molecule has 0 fully saturated rings. The van der Waals surface area contributed by atoms with E-state index in [4.69, 9.17) is 0 Å². The van der Waals surface area contributed by atoms with Crippen molar-refractivity contribution in [3.05, 3.63) is 11.8 Å². The lowest BCUT2D eigenvalue weighted by Crippen LogP contribution is -2.12. The minimum atomic E-state index is 0.463. The molecule has 11 heavy (non-hydrogen) atoms. The molecule has 0 unspecified atom stereocenters. The van der Waals surface area contributed by atoms with E-state index in [1.165, 1.54) is 0 Å². The minimum absolute atomic E-state index is 0.463. The molecule has 0 aliphatic rings. The van der Waals surface area contributed by atoms with Crippen LogP contribution < -0.4 is 5.32 Å². The summed E-state index contributed by atoms with van der Waals surface area (Å²) in [7, 11) is 1.94. The number of nitrogens with one attached hydrogen (secondary N) is 1. The van der Waals surface area contributed by atoms with Gasteiger partial charge in [0.25, 0.3) is 0 Å². The van der Waals surface area contributed by atoms with E-state index in [-0.39, 0.29) is 0 Å². The fourth-order valence-electron chi connectivity index (χ4n) is 1.04. The summed E-state index contributed by atoms with van der Waals surface area (Å²) in [6.45, 7) is 6.22. The largest absolute Gasteiger partial charge is 0.368 e. The van der Waals surface area contributed by atoms with Crippen LogP contribution in [0.4, 0.5) is 5.82 Å². The van der Waals surface area contributed by atoms with Crippen LogP contribution in [0.25, 0.3) is 0 Å². The fourth-order valence-corrected chi connectivity index (χ4v) is 1.04. The zero-order valence-corrected chi connectivity index (χ0v) is 7.55. The first kappa shape index (κ1) is 8.11. The monoisotopic (exact) mass is 153 g/mol. The number of hydrogen-bond donors (Lipinski definition) is 1. The molecule has 1 aromatic rings. The maximum atomic E-state index is 4.22. The fraction of sp³-hybridized carbons (Fsp3) is 0.625. The zero-order chi connectivity index (χ0) is 8.43. The van der Waals surface area contributed by atoms with Gasteiger partial charge in [-0.3, -0.25) is 4.68 Å². The summed E-state index contributed by atoms with van der Waals surface area (Å²) in [5.74, 6) is 1.08. The lowest BCUT2D eigenvalue weighted by Gasteiger charge is -2.08. The van der Waals surface area contributed by atoms with Crippen LogP contribution in [-0.2, 0) is 7.05 Å². The Morgan fingerprint density at radius 3 is 2.55 bits per heavy atom. The predicted molar refractivity (Wildman–Crippen MR) is 46.7 cm³/mol. The van der Waals surface area contributed by atoms with E-state index < -0.39 is 0 Å². The van der Waals surface area contributed by atoms with Crippen molar-refractivity contribution in [3.8, 4) is 0 Å². The van der Waals surface area contributed by atoms with Crippen molar-refractivity contribution >= 4 is 5.82 Å². The molecule has 0 spiro atoms. The van der Waals surface area contributed by atoms with Gasteiger partial charge in [0.2, 0.25) is 0 Å². The average molecular weight is 153 g/mol. The predicted octanol–water partition coefficient (Wildman–Crippen LogP) is 1.55. The molecular formula is C8H15N3. The molecular weight excluding hydrogens is 138 g/mol. The highest BCUT2D eigenvalue weighted by Gasteiger charge is 2.01. The van der Waals surface area contributed by atoms with Gasteiger partial charge in [-0.2, -0.15) is 5.10 Å². The minimum Gasteiger partial charge on any atom is -0.368 e. The van der Waals surface area contributed by atoms with E-state index in [0.29, 0.717) is 6.04 Å². The molecule has 0 amide bonds. The third kappa shape index (κ3) is 1.97. The van der Waals surface area contributed by atoms with Gasteiger partial charge >= 0.3 is 0 Å². The third-order valence-electron chi connectivity index (χ3n) is 1.44. The van der Waals surface area contributed by atoms with Crippen LogP contribution in [0.3, 0.4) is 0 Å². The van der Waals surface area contributed by atoms with Gasteiger partial charge in [-0.05, 0) is 20.8 Å². The van der Waals surface area contributed by atoms with Crippen LogP contribution in [0.15, 0.2) is 6.07 Å². The van der Waals surface area contributed by atoms with Crippen molar-refractivity contribution in [1.29, 1.82) is 0 Å². The SMILES string of the molecule is Cc1cc(NC(C)C)n(C)n1. The van der Waals surface area contributed by atoms with Crippen molar-refractivity contribution < 1.29 is 0 Å². The molecule has 1 rings (SSSR count). The van der Waals surface area contributed by atoms with Crippen LogP contribution in [0.1, 0.15) is 19.5 Å². The Hall–Kier alpha value is -0.990. The maximum absolute atomic E-state index is 4.22. The van der Waals surface area contributed by atoms with Crippen molar-refractivity contribution in [1.82, 2.24) is 9.78 Å². The molecule has 1 N–H and O–H groups in total. The van der Waals surface area contributed by atoms with Crippen molar-refractivity contribution in [2.75, 3.05) is 5.32 Å². The Morgan fingerprint density at radius 2 is 2.18 bits per heavy atom. The molecule has 0 saturated carbocycles. The van der Waals surface area contributed by atoms with Gasteiger partial charge < -0.3 is 5.32 Å². The number of aryl methyl sites for hydroxylation is 2. The Balaban J connectivity index is 2.77. The Kier molecular flexibility index (Phi) is 2.17. The molecule has 0 bridgehead atoms. The molecule has 0 radical (unpaired) electrons. The first-order chi connectivity index (χ1) is 5.09. The molecule has 0 atom stereocenters. The molecule has 1 heterocycles. The van der Waals surface area contributed by atoms with E-state index in [2.05, 4.69) is 24.3 Å².